The van der Waals surface area contributed by atoms with Gasteiger partial charge in [0.1, 0.15) is 0 Å². The number of ketones is 1. The van der Waals surface area contributed by atoms with Crippen molar-refractivity contribution in [2.24, 2.45) is 0 Å². The highest BCUT2D eigenvalue weighted by Gasteiger charge is 2.37. The summed E-state index contributed by atoms with van der Waals surface area (Å²) < 4.78 is 27.0. The van der Waals surface area contributed by atoms with Crippen molar-refractivity contribution in [2.45, 2.75) is 41.5 Å². The summed E-state index contributed by atoms with van der Waals surface area (Å²) in [6.07, 6.45) is 7.61. The second-order valence-electron chi connectivity index (χ2n) is 8.47. The summed E-state index contributed by atoms with van der Waals surface area (Å²) in [7, 11) is -3.96. The lowest BCUT2D eigenvalue weighted by atomic mass is 9.96. The molecule has 3 aromatic rings. The third-order valence-electron chi connectivity index (χ3n) is 6.29. The molecule has 1 N–H and O–H groups in total. The van der Waals surface area contributed by atoms with Gasteiger partial charge >= 0.3 is 0 Å². The SMILES string of the molecule is O=C(NC1CCCC1)c1cccc2c1C(=O)c1ccc(C=Cc3ccccc3)cc1S2(=O)=O. The van der Waals surface area contributed by atoms with Gasteiger partial charge < -0.3 is 5.32 Å². The van der Waals surface area contributed by atoms with Gasteiger partial charge in [-0.15, -0.1) is 0 Å². The fourth-order valence-corrected chi connectivity index (χ4v) is 6.28. The molecule has 2 aliphatic rings. The third kappa shape index (κ3) is 3.91. The number of carbonyl (C=O) groups is 2. The van der Waals surface area contributed by atoms with E-state index in [-0.39, 0.29) is 32.5 Å². The van der Waals surface area contributed by atoms with Crippen LogP contribution in [0.2, 0.25) is 0 Å². The molecule has 5 rings (SSSR count). The van der Waals surface area contributed by atoms with E-state index >= 15 is 0 Å². The summed E-state index contributed by atoms with van der Waals surface area (Å²) >= 11 is 0. The first kappa shape index (κ1) is 21.3. The number of fused-ring (bicyclic) bond motifs is 2. The van der Waals surface area contributed by atoms with E-state index in [9.17, 15) is 18.0 Å². The zero-order chi connectivity index (χ0) is 23.0. The van der Waals surface area contributed by atoms with Gasteiger partial charge in [-0.05, 0) is 48.2 Å². The van der Waals surface area contributed by atoms with Gasteiger partial charge in [0.2, 0.25) is 9.84 Å². The Labute approximate surface area is 193 Å². The normalized spacial score (nSPS) is 17.0. The number of benzene rings is 3. The van der Waals surface area contributed by atoms with Crippen LogP contribution in [0.4, 0.5) is 0 Å². The zero-order valence-electron chi connectivity index (χ0n) is 18.0. The Hall–Kier alpha value is -3.51. The summed E-state index contributed by atoms with van der Waals surface area (Å²) in [5, 5.41) is 2.96. The molecule has 1 fully saturated rings. The van der Waals surface area contributed by atoms with Crippen LogP contribution in [0.25, 0.3) is 12.2 Å². The van der Waals surface area contributed by atoms with Crippen molar-refractivity contribution in [3.63, 3.8) is 0 Å². The fourth-order valence-electron chi connectivity index (χ4n) is 4.57. The zero-order valence-corrected chi connectivity index (χ0v) is 18.8. The minimum atomic E-state index is -3.96. The number of amides is 1. The predicted molar refractivity (Wildman–Crippen MR) is 127 cm³/mol. The number of sulfone groups is 1. The highest BCUT2D eigenvalue weighted by Crippen LogP contribution is 2.37. The maximum Gasteiger partial charge on any atom is 0.252 e. The summed E-state index contributed by atoms with van der Waals surface area (Å²) in [5.74, 6) is -0.834. The summed E-state index contributed by atoms with van der Waals surface area (Å²) in [4.78, 5) is 26.2. The minimum absolute atomic E-state index is 0.0245. The van der Waals surface area contributed by atoms with Crippen molar-refractivity contribution in [1.82, 2.24) is 5.32 Å². The standard InChI is InChI=1S/C27H23NO4S/c29-26-21-16-15-19(14-13-18-7-2-1-3-8-18)17-24(21)33(31,32)23-12-6-11-22(25(23)26)27(30)28-20-9-4-5-10-20/h1-3,6-8,11-17,20H,4-5,9-10H2,(H,28,30). The lowest BCUT2D eigenvalue weighted by molar-refractivity contribution is 0.0926. The van der Waals surface area contributed by atoms with Crippen LogP contribution in [0.3, 0.4) is 0 Å². The number of rotatable bonds is 4. The van der Waals surface area contributed by atoms with Crippen LogP contribution >= 0.6 is 0 Å². The van der Waals surface area contributed by atoms with Crippen LogP contribution in [-0.2, 0) is 9.84 Å². The molecule has 1 aliphatic heterocycles. The lowest BCUT2D eigenvalue weighted by Gasteiger charge is -2.22. The van der Waals surface area contributed by atoms with E-state index in [4.69, 9.17) is 0 Å². The van der Waals surface area contributed by atoms with Crippen LogP contribution in [0.5, 0.6) is 0 Å². The molecule has 0 saturated heterocycles. The number of nitrogens with one attached hydrogen (secondary N) is 1. The molecular formula is C27H23NO4S. The van der Waals surface area contributed by atoms with Crippen LogP contribution in [-0.4, -0.2) is 26.2 Å². The largest absolute Gasteiger partial charge is 0.349 e. The van der Waals surface area contributed by atoms with Crippen molar-refractivity contribution >= 4 is 33.7 Å². The summed E-state index contributed by atoms with van der Waals surface area (Å²) in [6, 6.07) is 19.0. The van der Waals surface area contributed by atoms with Gasteiger partial charge in [-0.25, -0.2) is 8.42 Å². The van der Waals surface area contributed by atoms with Gasteiger partial charge in [-0.1, -0.05) is 67.5 Å². The molecule has 1 aliphatic carbocycles. The topological polar surface area (TPSA) is 80.3 Å². The molecule has 6 heteroatoms. The van der Waals surface area contributed by atoms with Crippen molar-refractivity contribution in [3.05, 3.63) is 94.5 Å². The van der Waals surface area contributed by atoms with E-state index in [0.717, 1.165) is 31.2 Å². The molecule has 0 unspecified atom stereocenters. The van der Waals surface area contributed by atoms with Gasteiger partial charge in [-0.2, -0.15) is 0 Å². The molecule has 1 amide bonds. The van der Waals surface area contributed by atoms with Crippen LogP contribution in [0, 0.1) is 0 Å². The molecule has 0 aromatic heterocycles. The van der Waals surface area contributed by atoms with E-state index in [0.29, 0.717) is 5.56 Å². The Morgan fingerprint density at radius 2 is 1.58 bits per heavy atom. The number of hydrogen-bond acceptors (Lipinski definition) is 4. The first-order chi connectivity index (χ1) is 15.9. The smallest absolute Gasteiger partial charge is 0.252 e. The molecule has 0 spiro atoms. The van der Waals surface area contributed by atoms with E-state index in [1.807, 2.05) is 42.5 Å². The molecule has 5 nitrogen and oxygen atoms in total. The summed E-state index contributed by atoms with van der Waals surface area (Å²) in [5.41, 5.74) is 1.84. The molecular weight excluding hydrogens is 434 g/mol. The maximum atomic E-state index is 13.5. The minimum Gasteiger partial charge on any atom is -0.349 e. The van der Waals surface area contributed by atoms with Gasteiger partial charge in [0.05, 0.1) is 20.9 Å². The molecule has 33 heavy (non-hydrogen) atoms. The van der Waals surface area contributed by atoms with E-state index in [1.165, 1.54) is 30.3 Å². The summed E-state index contributed by atoms with van der Waals surface area (Å²) in [6.45, 7) is 0. The first-order valence-electron chi connectivity index (χ1n) is 11.1. The Balaban J connectivity index is 1.54. The number of hydrogen-bond donors (Lipinski definition) is 1. The molecule has 1 heterocycles. The van der Waals surface area contributed by atoms with Crippen LogP contribution in [0.15, 0.2) is 76.5 Å². The third-order valence-corrected chi connectivity index (χ3v) is 8.12. The van der Waals surface area contributed by atoms with Crippen LogP contribution in [0.1, 0.15) is 63.1 Å². The molecule has 166 valence electrons. The Morgan fingerprint density at radius 3 is 2.33 bits per heavy atom. The van der Waals surface area contributed by atoms with Crippen LogP contribution < -0.4 is 5.32 Å². The Bertz CT molecular complexity index is 1380. The van der Waals surface area contributed by atoms with E-state index in [1.54, 1.807) is 6.07 Å². The van der Waals surface area contributed by atoms with Crippen molar-refractivity contribution < 1.29 is 18.0 Å². The van der Waals surface area contributed by atoms with Crippen molar-refractivity contribution in [3.8, 4) is 0 Å². The van der Waals surface area contributed by atoms with Crippen molar-refractivity contribution in [2.75, 3.05) is 0 Å². The van der Waals surface area contributed by atoms with Gasteiger partial charge in [0.25, 0.3) is 5.91 Å². The van der Waals surface area contributed by atoms with E-state index in [2.05, 4.69) is 5.32 Å². The first-order valence-corrected chi connectivity index (χ1v) is 12.5. The fraction of sp³-hybridized carbons (Fsp3) is 0.185. The predicted octanol–water partition coefficient (Wildman–Crippen LogP) is 4.91. The second-order valence-corrected chi connectivity index (χ2v) is 10.4. The Kier molecular flexibility index (Phi) is 5.46. The molecule has 0 bridgehead atoms. The monoisotopic (exact) mass is 457 g/mol. The molecule has 1 saturated carbocycles. The lowest BCUT2D eigenvalue weighted by Crippen LogP contribution is -2.34. The van der Waals surface area contributed by atoms with Gasteiger partial charge in [0, 0.05) is 11.6 Å². The molecule has 3 aromatic carbocycles. The average Bonchev–Trinajstić information content (AvgIpc) is 3.34. The molecule has 0 atom stereocenters. The quantitative estimate of drug-likeness (QED) is 0.442. The number of carbonyl (C=O) groups excluding carboxylic acids is 2. The second kappa shape index (κ2) is 8.45. The average molecular weight is 458 g/mol. The van der Waals surface area contributed by atoms with Gasteiger partial charge in [-0.3, -0.25) is 9.59 Å². The molecule has 0 radical (unpaired) electrons. The highest BCUT2D eigenvalue weighted by molar-refractivity contribution is 7.91. The highest BCUT2D eigenvalue weighted by atomic mass is 32.2. The van der Waals surface area contributed by atoms with Crippen molar-refractivity contribution in [1.29, 1.82) is 0 Å². The van der Waals surface area contributed by atoms with E-state index < -0.39 is 21.5 Å². The Morgan fingerprint density at radius 1 is 0.848 bits per heavy atom. The maximum absolute atomic E-state index is 13.5. The van der Waals surface area contributed by atoms with Gasteiger partial charge in [0.15, 0.2) is 5.78 Å².